The molecule has 2 aromatic rings. The second-order valence-electron chi connectivity index (χ2n) is 6.09. The van der Waals surface area contributed by atoms with Crippen LogP contribution in [0, 0.1) is 6.92 Å². The summed E-state index contributed by atoms with van der Waals surface area (Å²) < 4.78 is 5.13. The third-order valence-corrected chi connectivity index (χ3v) is 4.11. The maximum Gasteiger partial charge on any atom is 0.334 e. The summed E-state index contributed by atoms with van der Waals surface area (Å²) in [6.07, 6.45) is 5.42. The first kappa shape index (κ1) is 20.3. The number of aliphatic imine (C=N–C) groups is 1. The molecule has 0 aliphatic carbocycles. The fraction of sp³-hybridized carbons (Fsp3) is 0.286. The molecule has 0 unspecified atom stereocenters. The Bertz CT molecular complexity index is 873. The largest absolute Gasteiger partial charge is 0.463 e. The smallest absolute Gasteiger partial charge is 0.334 e. The molecule has 27 heavy (non-hydrogen) atoms. The van der Waals surface area contributed by atoms with E-state index in [1.54, 1.807) is 32.4 Å². The van der Waals surface area contributed by atoms with Crippen LogP contribution in [0.1, 0.15) is 30.0 Å². The molecule has 6 nitrogen and oxygen atoms in total. The van der Waals surface area contributed by atoms with E-state index in [1.807, 2.05) is 31.2 Å². The van der Waals surface area contributed by atoms with Gasteiger partial charge >= 0.3 is 5.97 Å². The summed E-state index contributed by atoms with van der Waals surface area (Å²) in [5, 5.41) is 9.28. The molecule has 1 aromatic heterocycles. The summed E-state index contributed by atoms with van der Waals surface area (Å²) in [5.74, 6) is -0.0251. The number of aromatic nitrogens is 1. The summed E-state index contributed by atoms with van der Waals surface area (Å²) in [5.41, 5.74) is 10.8. The minimum Gasteiger partial charge on any atom is -0.463 e. The van der Waals surface area contributed by atoms with Crippen molar-refractivity contribution in [3.63, 3.8) is 0 Å². The van der Waals surface area contributed by atoms with Crippen LogP contribution < -0.4 is 5.73 Å². The minimum absolute atomic E-state index is 0.0516. The average Bonchev–Trinajstić information content (AvgIpc) is 2.68. The highest BCUT2D eigenvalue weighted by atomic mass is 16.5. The molecule has 0 amide bonds. The monoisotopic (exact) mass is 367 g/mol. The van der Waals surface area contributed by atoms with Gasteiger partial charge in [-0.1, -0.05) is 18.2 Å². The lowest BCUT2D eigenvalue weighted by atomic mass is 9.98. The van der Waals surface area contributed by atoms with Crippen molar-refractivity contribution >= 4 is 17.9 Å². The van der Waals surface area contributed by atoms with E-state index in [2.05, 4.69) is 9.98 Å². The predicted molar refractivity (Wildman–Crippen MR) is 107 cm³/mol. The van der Waals surface area contributed by atoms with Crippen molar-refractivity contribution in [1.82, 2.24) is 4.98 Å². The van der Waals surface area contributed by atoms with Gasteiger partial charge in [0.1, 0.15) is 0 Å². The average molecular weight is 367 g/mol. The van der Waals surface area contributed by atoms with Gasteiger partial charge in [0.25, 0.3) is 0 Å². The summed E-state index contributed by atoms with van der Waals surface area (Å²) in [7, 11) is 1.59. The Morgan fingerprint density at radius 2 is 2.07 bits per heavy atom. The van der Waals surface area contributed by atoms with Crippen LogP contribution in [0.4, 0.5) is 0 Å². The number of aliphatic hydroxyl groups is 1. The van der Waals surface area contributed by atoms with E-state index < -0.39 is 5.97 Å². The molecule has 0 fully saturated rings. The molecular formula is C21H25N3O3. The number of hydrogen-bond donors (Lipinski definition) is 2. The predicted octanol–water partition coefficient (Wildman–Crippen LogP) is 2.87. The zero-order chi connectivity index (χ0) is 19.8. The standard InChI is InChI=1S/C21H25N3O3/c1-4-27-21(26)18(10-20(22)23-3)9-16-5-6-17(7-14(16)2)19-8-15(13-25)11-24-12-19/h5-9,11-12,25H,4,10,13H2,1-3H3,(H2,22,23)/b18-9+. The molecule has 0 bridgehead atoms. The van der Waals surface area contributed by atoms with Gasteiger partial charge in [0.05, 0.1) is 19.0 Å². The van der Waals surface area contributed by atoms with Crippen LogP contribution in [0.5, 0.6) is 0 Å². The molecule has 2 rings (SSSR count). The lowest BCUT2D eigenvalue weighted by molar-refractivity contribution is -0.138. The van der Waals surface area contributed by atoms with E-state index in [9.17, 15) is 9.90 Å². The van der Waals surface area contributed by atoms with Crippen molar-refractivity contribution in [1.29, 1.82) is 0 Å². The maximum absolute atomic E-state index is 12.2. The van der Waals surface area contributed by atoms with Gasteiger partial charge in [-0.05, 0) is 48.2 Å². The molecule has 3 N–H and O–H groups in total. The number of ether oxygens (including phenoxy) is 1. The lowest BCUT2D eigenvalue weighted by Gasteiger charge is -2.10. The van der Waals surface area contributed by atoms with Crippen LogP contribution in [0.15, 0.2) is 47.2 Å². The normalized spacial score (nSPS) is 12.1. The first-order valence-electron chi connectivity index (χ1n) is 8.73. The Morgan fingerprint density at radius 1 is 1.30 bits per heavy atom. The highest BCUT2D eigenvalue weighted by Crippen LogP contribution is 2.24. The van der Waals surface area contributed by atoms with E-state index in [4.69, 9.17) is 10.5 Å². The second-order valence-corrected chi connectivity index (χ2v) is 6.09. The number of carbonyl (C=O) groups is 1. The first-order valence-corrected chi connectivity index (χ1v) is 8.73. The molecule has 6 heteroatoms. The third-order valence-electron chi connectivity index (χ3n) is 4.11. The highest BCUT2D eigenvalue weighted by Gasteiger charge is 2.13. The first-order chi connectivity index (χ1) is 13.0. The van der Waals surface area contributed by atoms with Gasteiger partial charge in [0.15, 0.2) is 0 Å². The molecule has 0 spiro atoms. The van der Waals surface area contributed by atoms with Crippen LogP contribution >= 0.6 is 0 Å². The molecule has 0 saturated heterocycles. The SMILES string of the molecule is CCOC(=O)/C(=C/c1ccc(-c2cncc(CO)c2)cc1C)CC(N)=NC. The second kappa shape index (κ2) is 9.64. The molecule has 0 atom stereocenters. The van der Waals surface area contributed by atoms with E-state index >= 15 is 0 Å². The number of nitrogens with zero attached hydrogens (tertiary/aromatic N) is 2. The number of nitrogens with two attached hydrogens (primary N) is 1. The molecular weight excluding hydrogens is 342 g/mol. The Balaban J connectivity index is 2.38. The zero-order valence-corrected chi connectivity index (χ0v) is 15.9. The Morgan fingerprint density at radius 3 is 2.70 bits per heavy atom. The van der Waals surface area contributed by atoms with Gasteiger partial charge < -0.3 is 15.6 Å². The number of amidine groups is 1. The number of hydrogen-bond acceptors (Lipinski definition) is 5. The van der Waals surface area contributed by atoms with Crippen molar-refractivity contribution in [2.75, 3.05) is 13.7 Å². The third kappa shape index (κ3) is 5.49. The Labute approximate surface area is 159 Å². The lowest BCUT2D eigenvalue weighted by Crippen LogP contribution is -2.17. The van der Waals surface area contributed by atoms with Crippen LogP contribution in [0.2, 0.25) is 0 Å². The number of carbonyl (C=O) groups excluding carboxylic acids is 1. The number of benzene rings is 1. The van der Waals surface area contributed by atoms with Gasteiger partial charge in [-0.25, -0.2) is 4.79 Å². The fourth-order valence-electron chi connectivity index (χ4n) is 2.62. The van der Waals surface area contributed by atoms with E-state index in [0.29, 0.717) is 18.0 Å². The van der Waals surface area contributed by atoms with Gasteiger partial charge in [-0.2, -0.15) is 0 Å². The minimum atomic E-state index is -0.396. The van der Waals surface area contributed by atoms with E-state index in [-0.39, 0.29) is 13.0 Å². The quantitative estimate of drug-likeness (QED) is 0.339. The maximum atomic E-state index is 12.2. The van der Waals surface area contributed by atoms with Crippen LogP contribution in [-0.2, 0) is 16.1 Å². The van der Waals surface area contributed by atoms with Crippen molar-refractivity contribution in [3.8, 4) is 11.1 Å². The van der Waals surface area contributed by atoms with Crippen LogP contribution in [-0.4, -0.2) is 35.5 Å². The number of esters is 1. The van der Waals surface area contributed by atoms with Crippen LogP contribution in [0.3, 0.4) is 0 Å². The molecule has 1 heterocycles. The Kier molecular flexibility index (Phi) is 7.25. The van der Waals surface area contributed by atoms with Gasteiger partial charge in [0, 0.05) is 37.0 Å². The van der Waals surface area contributed by atoms with Crippen molar-refractivity contribution in [2.24, 2.45) is 10.7 Å². The summed E-state index contributed by atoms with van der Waals surface area (Å²) in [4.78, 5) is 20.3. The van der Waals surface area contributed by atoms with Gasteiger partial charge in [0.2, 0.25) is 0 Å². The molecule has 0 aliphatic rings. The molecule has 0 radical (unpaired) electrons. The topological polar surface area (TPSA) is 97.8 Å². The van der Waals surface area contributed by atoms with Crippen molar-refractivity contribution < 1.29 is 14.6 Å². The molecule has 1 aromatic carbocycles. The summed E-state index contributed by atoms with van der Waals surface area (Å²) in [6, 6.07) is 7.82. The summed E-state index contributed by atoms with van der Waals surface area (Å²) in [6.45, 7) is 3.98. The van der Waals surface area contributed by atoms with Gasteiger partial charge in [-0.3, -0.25) is 9.98 Å². The van der Waals surface area contributed by atoms with Crippen LogP contribution in [0.25, 0.3) is 17.2 Å². The Hall–Kier alpha value is -2.99. The van der Waals surface area contributed by atoms with Gasteiger partial charge in [-0.15, -0.1) is 0 Å². The fourth-order valence-corrected chi connectivity index (χ4v) is 2.62. The highest BCUT2D eigenvalue weighted by molar-refractivity contribution is 6.00. The number of aliphatic hydroxyl groups excluding tert-OH is 1. The number of aryl methyl sites for hydroxylation is 1. The van der Waals surface area contributed by atoms with E-state index in [0.717, 1.165) is 27.8 Å². The zero-order valence-electron chi connectivity index (χ0n) is 15.9. The van der Waals surface area contributed by atoms with Crippen molar-refractivity contribution in [3.05, 3.63) is 58.9 Å². The van der Waals surface area contributed by atoms with Crippen molar-refractivity contribution in [2.45, 2.75) is 26.9 Å². The molecule has 0 saturated carbocycles. The molecule has 0 aliphatic heterocycles. The number of pyridine rings is 1. The van der Waals surface area contributed by atoms with E-state index in [1.165, 1.54) is 0 Å². The summed E-state index contributed by atoms with van der Waals surface area (Å²) >= 11 is 0. The molecule has 142 valence electrons. The number of rotatable bonds is 7.